The largest absolute Gasteiger partial charge is 0.507 e. The van der Waals surface area contributed by atoms with Crippen LogP contribution >= 0.6 is 0 Å². The van der Waals surface area contributed by atoms with Crippen molar-refractivity contribution in [2.45, 2.75) is 124 Å². The first kappa shape index (κ1) is 28.2. The molecule has 1 aliphatic carbocycles. The molecular weight excluding hydrogens is 420 g/mol. The number of benzene rings is 1. The van der Waals surface area contributed by atoms with Gasteiger partial charge in [-0.2, -0.15) is 0 Å². The zero-order valence-corrected chi connectivity index (χ0v) is 22.6. The maximum Gasteiger partial charge on any atom is 0.122 e. The van der Waals surface area contributed by atoms with Gasteiger partial charge in [-0.15, -0.1) is 0 Å². The van der Waals surface area contributed by atoms with Gasteiger partial charge < -0.3 is 15.3 Å². The van der Waals surface area contributed by atoms with Crippen LogP contribution in [0.4, 0.5) is 0 Å². The lowest BCUT2D eigenvalue weighted by Gasteiger charge is -2.24. The highest BCUT2D eigenvalue weighted by Crippen LogP contribution is 2.37. The average Bonchev–Trinajstić information content (AvgIpc) is 3.29. The second kappa shape index (κ2) is 13.2. The molecule has 0 saturated heterocycles. The first-order chi connectivity index (χ1) is 16.0. The summed E-state index contributed by atoms with van der Waals surface area (Å²) in [6.45, 7) is 11.8. The highest BCUT2D eigenvalue weighted by atomic mass is 16.3. The van der Waals surface area contributed by atoms with Crippen molar-refractivity contribution < 1.29 is 15.3 Å². The number of phenolic OH excluding ortho intramolecular Hbond substituents is 2. The number of allylic oxidation sites excluding steroid dienone is 6. The Balaban J connectivity index is 1.75. The molecule has 3 nitrogen and oxygen atoms in total. The van der Waals surface area contributed by atoms with Crippen molar-refractivity contribution >= 4 is 0 Å². The van der Waals surface area contributed by atoms with Crippen molar-refractivity contribution in [2.75, 3.05) is 0 Å². The van der Waals surface area contributed by atoms with Gasteiger partial charge in [0.1, 0.15) is 11.5 Å². The Labute approximate surface area is 208 Å². The van der Waals surface area contributed by atoms with Crippen molar-refractivity contribution in [1.82, 2.24) is 0 Å². The Bertz CT molecular complexity index is 878. The quantitative estimate of drug-likeness (QED) is 0.213. The lowest BCUT2D eigenvalue weighted by Crippen LogP contribution is -2.24. The fraction of sp³-hybridized carbons (Fsp3) is 0.613. The summed E-state index contributed by atoms with van der Waals surface area (Å²) < 4.78 is 0. The van der Waals surface area contributed by atoms with Gasteiger partial charge in [0.25, 0.3) is 0 Å². The summed E-state index contributed by atoms with van der Waals surface area (Å²) in [7, 11) is 0. The summed E-state index contributed by atoms with van der Waals surface area (Å²) in [5.74, 6) is 0.497. The molecule has 0 aliphatic heterocycles. The molecule has 0 aromatic heterocycles. The SMILES string of the molecule is C/C(=C\CC/C(C)=C/CC[C@@](C)(O)CCc1c(C)c(O)c(C)c(C)c1O)CCC=C1CCCC1. The number of aromatic hydroxyl groups is 2. The Morgan fingerprint density at radius 1 is 0.794 bits per heavy atom. The van der Waals surface area contributed by atoms with E-state index < -0.39 is 5.60 Å². The molecule has 0 radical (unpaired) electrons. The predicted octanol–water partition coefficient (Wildman–Crippen LogP) is 8.44. The van der Waals surface area contributed by atoms with Crippen molar-refractivity contribution in [3.8, 4) is 11.5 Å². The molecule has 1 saturated carbocycles. The standard InChI is InChI=1S/C31H48O3/c1-22(14-10-18-27-16-7-8-17-27)12-9-13-23(2)15-11-20-31(6,34)21-19-28-26(5)29(32)24(3)25(4)30(28)33/h12,15,18,32-34H,7-11,13-14,16-17,19-21H2,1-6H3/b22-12+,23-15+/t31-/m1/s1. The number of rotatable bonds is 12. The first-order valence-corrected chi connectivity index (χ1v) is 13.2. The van der Waals surface area contributed by atoms with Crippen molar-refractivity contribution in [1.29, 1.82) is 0 Å². The Hall–Kier alpha value is -2.00. The van der Waals surface area contributed by atoms with Crippen LogP contribution in [0.3, 0.4) is 0 Å². The summed E-state index contributed by atoms with van der Waals surface area (Å²) in [5, 5.41) is 31.8. The molecule has 0 bridgehead atoms. The molecular formula is C31H48O3. The van der Waals surface area contributed by atoms with E-state index in [1.54, 1.807) is 5.57 Å². The van der Waals surface area contributed by atoms with Crippen LogP contribution in [-0.4, -0.2) is 20.9 Å². The monoisotopic (exact) mass is 468 g/mol. The van der Waals surface area contributed by atoms with Crippen LogP contribution in [0.25, 0.3) is 0 Å². The Morgan fingerprint density at radius 2 is 1.35 bits per heavy atom. The van der Waals surface area contributed by atoms with Crippen LogP contribution in [0.1, 0.15) is 114 Å². The van der Waals surface area contributed by atoms with Gasteiger partial charge >= 0.3 is 0 Å². The number of aliphatic hydroxyl groups is 1. The van der Waals surface area contributed by atoms with E-state index in [1.807, 2.05) is 27.7 Å². The zero-order chi connectivity index (χ0) is 25.3. The van der Waals surface area contributed by atoms with E-state index in [9.17, 15) is 15.3 Å². The smallest absolute Gasteiger partial charge is 0.122 e. The van der Waals surface area contributed by atoms with Gasteiger partial charge in [0.05, 0.1) is 5.60 Å². The minimum Gasteiger partial charge on any atom is -0.507 e. The lowest BCUT2D eigenvalue weighted by atomic mass is 9.88. The van der Waals surface area contributed by atoms with Crippen LogP contribution in [-0.2, 0) is 6.42 Å². The lowest BCUT2D eigenvalue weighted by molar-refractivity contribution is 0.0431. The van der Waals surface area contributed by atoms with E-state index in [1.165, 1.54) is 49.7 Å². The van der Waals surface area contributed by atoms with Gasteiger partial charge in [0, 0.05) is 5.56 Å². The highest BCUT2D eigenvalue weighted by molar-refractivity contribution is 5.56. The molecule has 0 heterocycles. The molecule has 1 aromatic rings. The molecule has 1 fully saturated rings. The molecule has 0 amide bonds. The van der Waals surface area contributed by atoms with Crippen LogP contribution < -0.4 is 0 Å². The average molecular weight is 469 g/mol. The molecule has 3 heteroatoms. The van der Waals surface area contributed by atoms with E-state index in [-0.39, 0.29) is 11.5 Å². The van der Waals surface area contributed by atoms with Gasteiger partial charge in [0.2, 0.25) is 0 Å². The minimum absolute atomic E-state index is 0.248. The van der Waals surface area contributed by atoms with Crippen LogP contribution in [0.5, 0.6) is 11.5 Å². The molecule has 1 aromatic carbocycles. The Morgan fingerprint density at radius 3 is 2.00 bits per heavy atom. The minimum atomic E-state index is -0.811. The second-order valence-corrected chi connectivity index (χ2v) is 10.8. The predicted molar refractivity (Wildman–Crippen MR) is 145 cm³/mol. The molecule has 34 heavy (non-hydrogen) atoms. The molecule has 0 spiro atoms. The van der Waals surface area contributed by atoms with Crippen LogP contribution in [0, 0.1) is 20.8 Å². The van der Waals surface area contributed by atoms with E-state index in [0.717, 1.165) is 30.4 Å². The summed E-state index contributed by atoms with van der Waals surface area (Å²) in [4.78, 5) is 0. The summed E-state index contributed by atoms with van der Waals surface area (Å²) in [6.07, 6.45) is 19.6. The summed E-state index contributed by atoms with van der Waals surface area (Å²) in [5.41, 5.74) is 6.61. The fourth-order valence-corrected chi connectivity index (χ4v) is 4.93. The van der Waals surface area contributed by atoms with E-state index in [0.29, 0.717) is 30.4 Å². The zero-order valence-electron chi connectivity index (χ0n) is 22.6. The van der Waals surface area contributed by atoms with Crippen LogP contribution in [0.2, 0.25) is 0 Å². The normalized spacial score (nSPS) is 16.7. The van der Waals surface area contributed by atoms with Crippen molar-refractivity contribution in [2.24, 2.45) is 0 Å². The maximum atomic E-state index is 10.9. The van der Waals surface area contributed by atoms with E-state index in [4.69, 9.17) is 0 Å². The van der Waals surface area contributed by atoms with Gasteiger partial charge in [-0.05, 0) is 135 Å². The topological polar surface area (TPSA) is 60.7 Å². The molecule has 1 aliphatic rings. The molecule has 190 valence electrons. The number of hydrogen-bond acceptors (Lipinski definition) is 3. The van der Waals surface area contributed by atoms with Crippen molar-refractivity contribution in [3.05, 3.63) is 57.2 Å². The summed E-state index contributed by atoms with van der Waals surface area (Å²) >= 11 is 0. The third-order valence-corrected chi connectivity index (χ3v) is 7.70. The molecule has 2 rings (SSSR count). The van der Waals surface area contributed by atoms with Gasteiger partial charge in [-0.25, -0.2) is 0 Å². The molecule has 3 N–H and O–H groups in total. The third-order valence-electron chi connectivity index (χ3n) is 7.70. The maximum absolute atomic E-state index is 10.9. The molecule has 0 unspecified atom stereocenters. The summed E-state index contributed by atoms with van der Waals surface area (Å²) in [6, 6.07) is 0. The van der Waals surface area contributed by atoms with Gasteiger partial charge in [0.15, 0.2) is 0 Å². The van der Waals surface area contributed by atoms with Gasteiger partial charge in [-0.1, -0.05) is 34.9 Å². The first-order valence-electron chi connectivity index (χ1n) is 13.2. The van der Waals surface area contributed by atoms with E-state index in [2.05, 4.69) is 32.1 Å². The number of phenols is 2. The molecule has 1 atom stereocenters. The highest BCUT2D eigenvalue weighted by Gasteiger charge is 2.23. The van der Waals surface area contributed by atoms with E-state index >= 15 is 0 Å². The van der Waals surface area contributed by atoms with Gasteiger partial charge in [-0.3, -0.25) is 0 Å². The number of hydrogen-bond donors (Lipinski definition) is 3. The Kier molecular flexibility index (Phi) is 11.0. The van der Waals surface area contributed by atoms with Crippen LogP contribution in [0.15, 0.2) is 34.9 Å². The fourth-order valence-electron chi connectivity index (χ4n) is 4.93. The third kappa shape index (κ3) is 8.65. The van der Waals surface area contributed by atoms with Crippen molar-refractivity contribution in [3.63, 3.8) is 0 Å². The second-order valence-electron chi connectivity index (χ2n) is 10.8.